The molecule has 1 aromatic carbocycles. The van der Waals surface area contributed by atoms with Gasteiger partial charge in [-0.3, -0.25) is 4.79 Å². The second-order valence-electron chi connectivity index (χ2n) is 9.48. The predicted octanol–water partition coefficient (Wildman–Crippen LogP) is 2.54. The lowest BCUT2D eigenvalue weighted by Gasteiger charge is -2.41. The van der Waals surface area contributed by atoms with E-state index in [1.807, 2.05) is 11.8 Å². The number of aromatic nitrogens is 4. The normalized spacial score (nSPS) is 23.0. The van der Waals surface area contributed by atoms with Crippen LogP contribution in [0.25, 0.3) is 22.6 Å². The monoisotopic (exact) mass is 495 g/mol. The van der Waals surface area contributed by atoms with E-state index in [4.69, 9.17) is 14.5 Å². The van der Waals surface area contributed by atoms with Crippen LogP contribution in [0.1, 0.15) is 19.0 Å². The third kappa shape index (κ3) is 4.81. The van der Waals surface area contributed by atoms with Gasteiger partial charge >= 0.3 is 0 Å². The van der Waals surface area contributed by atoms with Gasteiger partial charge in [0.15, 0.2) is 5.82 Å². The van der Waals surface area contributed by atoms with E-state index in [2.05, 4.69) is 32.2 Å². The Morgan fingerprint density at radius 2 is 1.81 bits per heavy atom. The second kappa shape index (κ2) is 9.92. The van der Waals surface area contributed by atoms with Crippen LogP contribution in [0.2, 0.25) is 0 Å². The van der Waals surface area contributed by atoms with E-state index in [1.54, 1.807) is 31.4 Å². The van der Waals surface area contributed by atoms with Gasteiger partial charge < -0.3 is 29.6 Å². The molecule has 2 aliphatic rings. The lowest BCUT2D eigenvalue weighted by Crippen LogP contribution is -2.55. The molecule has 4 heterocycles. The number of carbonyl (C=O) groups is 1. The summed E-state index contributed by atoms with van der Waals surface area (Å²) in [5, 5.41) is 2.93. The number of imidazole rings is 1. The van der Waals surface area contributed by atoms with Gasteiger partial charge in [-0.25, -0.2) is 19.3 Å². The molecule has 0 radical (unpaired) electrons. The van der Waals surface area contributed by atoms with Crippen LogP contribution in [0.3, 0.4) is 0 Å². The molecule has 190 valence electrons. The number of nitrogens with one attached hydrogen (secondary N) is 2. The fourth-order valence-corrected chi connectivity index (χ4v) is 4.41. The summed E-state index contributed by atoms with van der Waals surface area (Å²) in [7, 11) is 3.79. The average Bonchev–Trinajstić information content (AvgIpc) is 3.35. The summed E-state index contributed by atoms with van der Waals surface area (Å²) in [5.74, 6) is 0.612. The van der Waals surface area contributed by atoms with Gasteiger partial charge in [-0.05, 0) is 44.3 Å². The van der Waals surface area contributed by atoms with E-state index >= 15 is 0 Å². The molecule has 0 atom stereocenters. The van der Waals surface area contributed by atoms with Crippen LogP contribution in [0.4, 0.5) is 10.3 Å². The highest BCUT2D eigenvalue weighted by molar-refractivity contribution is 5.83. The maximum absolute atomic E-state index is 13.6. The number of benzene rings is 1. The standard InChI is InChI=1S/C25H30FN7O3/c1-25(23(34)33-12-10-32(3)11-13-33)14-35-22(36-15-25)21-30-19(16-4-6-17(26)7-5-16)20(31-21)18-8-9-28-24(27-2)29-18/h4-9,22H,10-15H2,1-3H3,(H,30,31)(H,27,28,29). The lowest BCUT2D eigenvalue weighted by molar-refractivity contribution is -0.234. The summed E-state index contributed by atoms with van der Waals surface area (Å²) in [6, 6.07) is 7.85. The van der Waals surface area contributed by atoms with Crippen LogP contribution in [-0.4, -0.2) is 89.1 Å². The molecular weight excluding hydrogens is 465 g/mol. The minimum atomic E-state index is -0.781. The molecule has 2 aliphatic heterocycles. The van der Waals surface area contributed by atoms with E-state index in [0.717, 1.165) is 13.1 Å². The first kappa shape index (κ1) is 24.3. The highest BCUT2D eigenvalue weighted by atomic mass is 19.1. The predicted molar refractivity (Wildman–Crippen MR) is 131 cm³/mol. The van der Waals surface area contributed by atoms with Crippen LogP contribution in [0.15, 0.2) is 36.5 Å². The van der Waals surface area contributed by atoms with Crippen LogP contribution in [-0.2, 0) is 14.3 Å². The Kier molecular flexibility index (Phi) is 6.69. The van der Waals surface area contributed by atoms with Crippen molar-refractivity contribution >= 4 is 11.9 Å². The van der Waals surface area contributed by atoms with E-state index in [-0.39, 0.29) is 24.9 Å². The third-order valence-electron chi connectivity index (χ3n) is 6.61. The van der Waals surface area contributed by atoms with Crippen molar-refractivity contribution in [1.29, 1.82) is 0 Å². The van der Waals surface area contributed by atoms with Gasteiger partial charge in [0.2, 0.25) is 18.1 Å². The topological polar surface area (TPSA) is 108 Å². The number of rotatable bonds is 5. The molecular formula is C25H30FN7O3. The molecule has 0 saturated carbocycles. The zero-order valence-electron chi connectivity index (χ0n) is 20.6. The molecule has 0 aliphatic carbocycles. The number of likely N-dealkylation sites (N-methyl/N-ethyl adjacent to an activating group) is 1. The molecule has 2 saturated heterocycles. The van der Waals surface area contributed by atoms with Gasteiger partial charge in [-0.1, -0.05) is 0 Å². The molecule has 0 unspecified atom stereocenters. The molecule has 1 amide bonds. The van der Waals surface area contributed by atoms with Gasteiger partial charge in [-0.2, -0.15) is 0 Å². The van der Waals surface area contributed by atoms with Crippen molar-refractivity contribution in [3.8, 4) is 22.6 Å². The van der Waals surface area contributed by atoms with E-state index < -0.39 is 11.7 Å². The van der Waals surface area contributed by atoms with Crippen molar-refractivity contribution in [1.82, 2.24) is 29.7 Å². The summed E-state index contributed by atoms with van der Waals surface area (Å²) < 4.78 is 25.7. The number of aromatic amines is 1. The first-order chi connectivity index (χ1) is 17.4. The smallest absolute Gasteiger partial charge is 0.233 e. The molecule has 36 heavy (non-hydrogen) atoms. The molecule has 2 N–H and O–H groups in total. The van der Waals surface area contributed by atoms with Crippen LogP contribution in [0, 0.1) is 11.2 Å². The zero-order chi connectivity index (χ0) is 25.3. The molecule has 3 aromatic rings. The first-order valence-corrected chi connectivity index (χ1v) is 11.9. The largest absolute Gasteiger partial charge is 0.357 e. The number of hydrogen-bond acceptors (Lipinski definition) is 8. The Bertz CT molecular complexity index is 1220. The van der Waals surface area contributed by atoms with Crippen molar-refractivity contribution in [2.45, 2.75) is 13.2 Å². The number of hydrogen-bond donors (Lipinski definition) is 2. The highest BCUT2D eigenvalue weighted by Crippen LogP contribution is 2.36. The average molecular weight is 496 g/mol. The van der Waals surface area contributed by atoms with Crippen molar-refractivity contribution < 1.29 is 18.7 Å². The third-order valence-corrected chi connectivity index (χ3v) is 6.61. The van der Waals surface area contributed by atoms with Crippen molar-refractivity contribution in [2.75, 3.05) is 58.8 Å². The summed E-state index contributed by atoms with van der Waals surface area (Å²) in [4.78, 5) is 34.0. The number of halogens is 1. The summed E-state index contributed by atoms with van der Waals surface area (Å²) in [6.45, 7) is 5.40. The minimum absolute atomic E-state index is 0.0433. The van der Waals surface area contributed by atoms with Crippen molar-refractivity contribution in [3.05, 3.63) is 48.2 Å². The Balaban J connectivity index is 1.39. The van der Waals surface area contributed by atoms with E-state index in [9.17, 15) is 9.18 Å². The number of amides is 1. The number of piperazine rings is 1. The van der Waals surface area contributed by atoms with E-state index in [1.165, 1.54) is 12.1 Å². The van der Waals surface area contributed by atoms with Crippen LogP contribution < -0.4 is 5.32 Å². The van der Waals surface area contributed by atoms with Crippen LogP contribution in [0.5, 0.6) is 0 Å². The molecule has 0 bridgehead atoms. The summed E-state index contributed by atoms with van der Waals surface area (Å²) in [5.41, 5.74) is 1.77. The Morgan fingerprint density at radius 3 is 2.47 bits per heavy atom. The number of ether oxygens (including phenoxy) is 2. The maximum atomic E-state index is 13.6. The molecule has 2 fully saturated rings. The lowest BCUT2D eigenvalue weighted by atomic mass is 9.90. The molecule has 11 heteroatoms. The van der Waals surface area contributed by atoms with Gasteiger partial charge in [0.1, 0.15) is 5.82 Å². The van der Waals surface area contributed by atoms with Crippen molar-refractivity contribution in [2.24, 2.45) is 5.41 Å². The number of carbonyl (C=O) groups excluding carboxylic acids is 1. The Hall–Kier alpha value is -3.41. The summed E-state index contributed by atoms with van der Waals surface area (Å²) in [6.07, 6.45) is 0.864. The molecule has 2 aromatic heterocycles. The van der Waals surface area contributed by atoms with Gasteiger partial charge in [0.25, 0.3) is 0 Å². The molecule has 10 nitrogen and oxygen atoms in total. The van der Waals surface area contributed by atoms with Crippen LogP contribution >= 0.6 is 0 Å². The number of anilines is 1. The second-order valence-corrected chi connectivity index (χ2v) is 9.48. The quantitative estimate of drug-likeness (QED) is 0.556. The fourth-order valence-electron chi connectivity index (χ4n) is 4.41. The number of H-pyrrole nitrogens is 1. The SMILES string of the molecule is CNc1nccc(-c2[nH]c(C3OCC(C)(C(=O)N4CCN(C)CC4)CO3)nc2-c2ccc(F)cc2)n1. The van der Waals surface area contributed by atoms with Gasteiger partial charge in [0, 0.05) is 45.0 Å². The zero-order valence-corrected chi connectivity index (χ0v) is 20.6. The minimum Gasteiger partial charge on any atom is -0.357 e. The number of nitrogens with zero attached hydrogens (tertiary/aromatic N) is 5. The van der Waals surface area contributed by atoms with Gasteiger partial charge in [0.05, 0.1) is 35.7 Å². The van der Waals surface area contributed by atoms with Crippen molar-refractivity contribution in [3.63, 3.8) is 0 Å². The Morgan fingerprint density at radius 1 is 1.11 bits per heavy atom. The molecule has 5 rings (SSSR count). The van der Waals surface area contributed by atoms with Gasteiger partial charge in [-0.15, -0.1) is 0 Å². The first-order valence-electron chi connectivity index (χ1n) is 11.9. The Labute approximate surface area is 208 Å². The summed E-state index contributed by atoms with van der Waals surface area (Å²) >= 11 is 0. The highest BCUT2D eigenvalue weighted by Gasteiger charge is 2.43. The fraction of sp³-hybridized carbons (Fsp3) is 0.440. The van der Waals surface area contributed by atoms with E-state index in [0.29, 0.717) is 47.5 Å². The maximum Gasteiger partial charge on any atom is 0.233 e. The molecule has 0 spiro atoms.